The first-order valence-corrected chi connectivity index (χ1v) is 11.1. The standard InChI is InChI=1S/C17H19ClN2.C6H10O2S/c18-16-8-6-15(7-9-16)17(14-4-2-1-3-5-14)20-12-10-19-11-13-20;7-5(8)3-6(4-9)1-2-6/h1-9,17,19H,10-13H2;9H,1-4H2,(H,7,8). The molecule has 4 rings (SSSR count). The summed E-state index contributed by atoms with van der Waals surface area (Å²) >= 11 is 10.1. The molecule has 29 heavy (non-hydrogen) atoms. The number of hydrogen-bond donors (Lipinski definition) is 3. The van der Waals surface area contributed by atoms with Crippen molar-refractivity contribution in [1.29, 1.82) is 0 Å². The van der Waals surface area contributed by atoms with Gasteiger partial charge in [-0.1, -0.05) is 54.1 Å². The minimum absolute atomic E-state index is 0.0783. The van der Waals surface area contributed by atoms with Gasteiger partial charge in [-0.15, -0.1) is 0 Å². The number of thiol groups is 1. The van der Waals surface area contributed by atoms with Crippen LogP contribution in [0.3, 0.4) is 0 Å². The zero-order chi connectivity index (χ0) is 20.7. The Morgan fingerprint density at radius 1 is 1.07 bits per heavy atom. The van der Waals surface area contributed by atoms with Crippen molar-refractivity contribution >= 4 is 30.2 Å². The molecule has 0 amide bonds. The summed E-state index contributed by atoms with van der Waals surface area (Å²) in [4.78, 5) is 12.7. The normalized spacial score (nSPS) is 19.0. The molecule has 2 aliphatic rings. The van der Waals surface area contributed by atoms with E-state index in [0.717, 1.165) is 49.8 Å². The Hall–Kier alpha value is -1.53. The fourth-order valence-corrected chi connectivity index (χ4v) is 4.28. The third-order valence-electron chi connectivity index (χ3n) is 5.64. The maximum Gasteiger partial charge on any atom is 0.303 e. The molecular weight excluding hydrogens is 404 g/mol. The summed E-state index contributed by atoms with van der Waals surface area (Å²) in [5.74, 6) is 0.0285. The molecule has 1 saturated heterocycles. The third-order valence-corrected chi connectivity index (χ3v) is 6.56. The predicted octanol–water partition coefficient (Wildman–Crippen LogP) is 4.51. The molecule has 1 heterocycles. The van der Waals surface area contributed by atoms with Crippen LogP contribution in [-0.4, -0.2) is 47.9 Å². The van der Waals surface area contributed by atoms with Crippen molar-refractivity contribution in [3.05, 3.63) is 70.7 Å². The molecule has 1 unspecified atom stereocenters. The molecule has 2 N–H and O–H groups in total. The summed E-state index contributed by atoms with van der Waals surface area (Å²) in [5.41, 5.74) is 2.73. The summed E-state index contributed by atoms with van der Waals surface area (Å²) in [6.07, 6.45) is 2.39. The summed E-state index contributed by atoms with van der Waals surface area (Å²) in [6, 6.07) is 19.3. The highest BCUT2D eigenvalue weighted by molar-refractivity contribution is 7.80. The van der Waals surface area contributed by atoms with Crippen LogP contribution in [0.15, 0.2) is 54.6 Å². The Balaban J connectivity index is 0.000000224. The molecule has 1 aliphatic heterocycles. The average molecular weight is 433 g/mol. The zero-order valence-corrected chi connectivity index (χ0v) is 18.2. The summed E-state index contributed by atoms with van der Waals surface area (Å²) in [5, 5.41) is 12.6. The molecule has 0 aromatic heterocycles. The van der Waals surface area contributed by atoms with Crippen LogP contribution in [0.2, 0.25) is 5.02 Å². The minimum atomic E-state index is -0.693. The predicted molar refractivity (Wildman–Crippen MR) is 122 cm³/mol. The number of carboxylic acid groups (broad SMARTS) is 1. The van der Waals surface area contributed by atoms with Crippen LogP contribution >= 0.6 is 24.2 Å². The van der Waals surface area contributed by atoms with Gasteiger partial charge >= 0.3 is 5.97 Å². The van der Waals surface area contributed by atoms with Crippen molar-refractivity contribution in [3.8, 4) is 0 Å². The molecule has 0 bridgehead atoms. The van der Waals surface area contributed by atoms with Crippen LogP contribution in [0.4, 0.5) is 0 Å². The largest absolute Gasteiger partial charge is 0.481 e. The van der Waals surface area contributed by atoms with E-state index in [1.807, 2.05) is 12.1 Å². The topological polar surface area (TPSA) is 52.6 Å². The number of hydrogen-bond acceptors (Lipinski definition) is 4. The van der Waals surface area contributed by atoms with E-state index in [-0.39, 0.29) is 5.41 Å². The molecule has 1 aliphatic carbocycles. The monoisotopic (exact) mass is 432 g/mol. The summed E-state index contributed by atoms with van der Waals surface area (Å²) < 4.78 is 0. The molecule has 1 atom stereocenters. The van der Waals surface area contributed by atoms with E-state index in [9.17, 15) is 4.79 Å². The number of rotatable bonds is 6. The van der Waals surface area contributed by atoms with Gasteiger partial charge in [0.15, 0.2) is 0 Å². The molecule has 6 heteroatoms. The van der Waals surface area contributed by atoms with E-state index in [0.29, 0.717) is 12.5 Å². The fourth-order valence-electron chi connectivity index (χ4n) is 3.72. The highest BCUT2D eigenvalue weighted by Gasteiger charge is 2.42. The van der Waals surface area contributed by atoms with Gasteiger partial charge in [0, 0.05) is 31.2 Å². The van der Waals surface area contributed by atoms with Gasteiger partial charge in [0.05, 0.1) is 12.5 Å². The number of benzene rings is 2. The summed E-state index contributed by atoms with van der Waals surface area (Å²) in [7, 11) is 0. The lowest BCUT2D eigenvalue weighted by Crippen LogP contribution is -2.45. The number of piperazine rings is 1. The van der Waals surface area contributed by atoms with E-state index in [1.165, 1.54) is 11.1 Å². The number of nitrogens with one attached hydrogen (secondary N) is 1. The molecule has 0 radical (unpaired) electrons. The van der Waals surface area contributed by atoms with Gasteiger partial charge in [0.25, 0.3) is 0 Å². The van der Waals surface area contributed by atoms with Gasteiger partial charge in [-0.3, -0.25) is 9.69 Å². The van der Waals surface area contributed by atoms with Gasteiger partial charge in [0.1, 0.15) is 0 Å². The van der Waals surface area contributed by atoms with Crippen LogP contribution in [-0.2, 0) is 4.79 Å². The first-order chi connectivity index (χ1) is 14.0. The lowest BCUT2D eigenvalue weighted by Gasteiger charge is -2.35. The van der Waals surface area contributed by atoms with Gasteiger partial charge < -0.3 is 10.4 Å². The van der Waals surface area contributed by atoms with Gasteiger partial charge in [-0.2, -0.15) is 12.6 Å². The summed E-state index contributed by atoms with van der Waals surface area (Å²) in [6.45, 7) is 4.25. The molecule has 2 aromatic rings. The van der Waals surface area contributed by atoms with Crippen LogP contribution in [0.25, 0.3) is 0 Å². The van der Waals surface area contributed by atoms with Gasteiger partial charge in [0.2, 0.25) is 0 Å². The van der Waals surface area contributed by atoms with Crippen molar-refractivity contribution in [2.75, 3.05) is 31.9 Å². The van der Waals surface area contributed by atoms with Crippen molar-refractivity contribution in [2.45, 2.75) is 25.3 Å². The van der Waals surface area contributed by atoms with Crippen molar-refractivity contribution in [1.82, 2.24) is 10.2 Å². The van der Waals surface area contributed by atoms with Crippen molar-refractivity contribution in [3.63, 3.8) is 0 Å². The first-order valence-electron chi connectivity index (χ1n) is 10.1. The highest BCUT2D eigenvalue weighted by atomic mass is 35.5. The molecule has 156 valence electrons. The molecule has 4 nitrogen and oxygen atoms in total. The van der Waals surface area contributed by atoms with Gasteiger partial charge in [-0.05, 0) is 47.3 Å². The maximum atomic E-state index is 10.2. The second-order valence-electron chi connectivity index (χ2n) is 7.88. The fraction of sp³-hybridized carbons (Fsp3) is 0.435. The average Bonchev–Trinajstić information content (AvgIpc) is 3.51. The minimum Gasteiger partial charge on any atom is -0.481 e. The van der Waals surface area contributed by atoms with E-state index in [2.05, 4.69) is 65.3 Å². The molecule has 2 fully saturated rings. The lowest BCUT2D eigenvalue weighted by molar-refractivity contribution is -0.138. The quantitative estimate of drug-likeness (QED) is 0.588. The lowest BCUT2D eigenvalue weighted by atomic mass is 9.96. The third kappa shape index (κ3) is 6.48. The molecule has 2 aromatic carbocycles. The Morgan fingerprint density at radius 2 is 1.66 bits per heavy atom. The number of aliphatic carboxylic acids is 1. The molecular formula is C23H29ClN2O2S. The Labute approximate surface area is 183 Å². The first kappa shape index (κ1) is 22.2. The molecule has 1 saturated carbocycles. The van der Waals surface area contributed by atoms with Crippen LogP contribution in [0.5, 0.6) is 0 Å². The van der Waals surface area contributed by atoms with Crippen LogP contribution < -0.4 is 5.32 Å². The number of nitrogens with zero attached hydrogens (tertiary/aromatic N) is 1. The van der Waals surface area contributed by atoms with Gasteiger partial charge in [-0.25, -0.2) is 0 Å². The van der Waals surface area contributed by atoms with E-state index in [4.69, 9.17) is 16.7 Å². The highest BCUT2D eigenvalue weighted by Crippen LogP contribution is 2.49. The maximum absolute atomic E-state index is 10.2. The van der Waals surface area contributed by atoms with E-state index < -0.39 is 5.97 Å². The second kappa shape index (κ2) is 10.5. The number of carbonyl (C=O) groups is 1. The smallest absolute Gasteiger partial charge is 0.303 e. The zero-order valence-electron chi connectivity index (χ0n) is 16.6. The van der Waals surface area contributed by atoms with Crippen LogP contribution in [0, 0.1) is 5.41 Å². The Bertz CT molecular complexity index is 775. The SMILES string of the molecule is Clc1ccc(C(c2ccccc2)N2CCNCC2)cc1.O=C(O)CC1(CS)CC1. The molecule has 0 spiro atoms. The second-order valence-corrected chi connectivity index (χ2v) is 8.63. The van der Waals surface area contributed by atoms with Crippen molar-refractivity contribution < 1.29 is 9.90 Å². The number of halogens is 1. The van der Waals surface area contributed by atoms with Crippen LogP contribution in [0.1, 0.15) is 36.4 Å². The number of carboxylic acids is 1. The van der Waals surface area contributed by atoms with E-state index in [1.54, 1.807) is 0 Å². The Kier molecular flexibility index (Phi) is 8.01. The van der Waals surface area contributed by atoms with E-state index >= 15 is 0 Å². The van der Waals surface area contributed by atoms with Crippen molar-refractivity contribution in [2.24, 2.45) is 5.41 Å². The Morgan fingerprint density at radius 3 is 2.14 bits per heavy atom.